The molecule has 5 N–H and O–H groups in total. The average molecular weight is 1020 g/mol. The fourth-order valence-electron chi connectivity index (χ4n) is 11.9. The van der Waals surface area contributed by atoms with E-state index in [2.05, 4.69) is 62.4 Å². The highest BCUT2D eigenvalue weighted by Crippen LogP contribution is 2.41. The van der Waals surface area contributed by atoms with Gasteiger partial charge >= 0.3 is 0 Å². The van der Waals surface area contributed by atoms with Crippen LogP contribution in [0.2, 0.25) is 0 Å². The van der Waals surface area contributed by atoms with Crippen molar-refractivity contribution in [2.75, 3.05) is 72.8 Å². The van der Waals surface area contributed by atoms with Crippen LogP contribution in [0.25, 0.3) is 21.7 Å². The Bertz CT molecular complexity index is 2940. The normalized spacial score (nSPS) is 23.8. The number of nitrogen functional groups attached to an aromatic ring is 1. The molecule has 11 rings (SSSR count). The topological polar surface area (TPSA) is 216 Å². The molecule has 0 spiro atoms. The van der Waals surface area contributed by atoms with Crippen molar-refractivity contribution in [3.63, 3.8) is 0 Å². The Labute approximate surface area is 435 Å². The number of amides is 2. The third-order valence-corrected chi connectivity index (χ3v) is 16.9. The van der Waals surface area contributed by atoms with Gasteiger partial charge in [-0.15, -0.1) is 21.5 Å². The number of anilines is 4. The van der Waals surface area contributed by atoms with Crippen molar-refractivity contribution in [1.29, 1.82) is 0 Å². The summed E-state index contributed by atoms with van der Waals surface area (Å²) in [5.41, 5.74) is 14.4. The number of nitrogens with two attached hydrogens (primary N) is 1. The minimum absolute atomic E-state index is 0.0764. The molecule has 0 radical (unpaired) electrons. The highest BCUT2D eigenvalue weighted by Gasteiger charge is 2.45. The number of ether oxygens (including phenoxy) is 1. The Morgan fingerprint density at radius 2 is 1.66 bits per heavy atom. The van der Waals surface area contributed by atoms with Crippen molar-refractivity contribution in [1.82, 2.24) is 40.4 Å². The number of aliphatic hydroxyl groups is 1. The number of aromatic nitrogens is 5. The van der Waals surface area contributed by atoms with Gasteiger partial charge in [0.05, 0.1) is 39.6 Å². The number of rotatable bonds is 15. The van der Waals surface area contributed by atoms with Gasteiger partial charge in [0, 0.05) is 100 Å². The number of aliphatic hydroxyl groups excluding tert-OH is 1. The number of pyridine rings is 1. The first-order valence-electron chi connectivity index (χ1n) is 26.1. The number of para-hydroxylation sites is 1. The van der Waals surface area contributed by atoms with Crippen LogP contribution in [0.15, 0.2) is 89.0 Å². The standard InChI is InChI=1S/C55H66N12O6S/c1-32(2)51(55(71)66-30-41(68)24-46(66)54(70)59-33(3)36-9-11-37(12-10-36)52-34(4)58-31-74-52)48-26-49(62-73-48)64-19-17-63(18-20-64)27-35-21-42(22-35)72-50-23-38(15-16-57-50)67-39-13-14-40(67)29-65(28-39)45-25-44(60-61-53(45)56)43-7-5-6-8-47(43)69/h5-12,15-16,23,25-26,31-33,35,39-42,46,51,68-69H,13-14,17-22,24,27-30H2,1-4H3,(H2,56,61)(H,59,70)/t33-,35?,39?,40?,41+,42?,46-,51-/m0/s1. The molecule has 4 aromatic heterocycles. The zero-order chi connectivity index (χ0) is 51.2. The SMILES string of the molecule is Cc1ncsc1-c1ccc([C@H](C)NC(=O)[C@@H]2C[C@@H](O)CN2C(=O)[C@H](c2cc(N3CCN(CC4CC(Oc5cc(N6C7CCC6CN(c6cc(-c8ccccc8O)nnc6N)C7)ccn5)C4)CC3)no2)C(C)C)cc1. The van der Waals surface area contributed by atoms with E-state index in [0.717, 1.165) is 105 Å². The van der Waals surface area contributed by atoms with E-state index in [1.165, 1.54) is 4.90 Å². The van der Waals surface area contributed by atoms with E-state index in [0.29, 0.717) is 52.5 Å². The second-order valence-corrected chi connectivity index (χ2v) is 22.1. The van der Waals surface area contributed by atoms with E-state index in [-0.39, 0.29) is 48.6 Å². The number of carbonyl (C=O) groups is 2. The minimum Gasteiger partial charge on any atom is -0.507 e. The van der Waals surface area contributed by atoms with Gasteiger partial charge in [0.1, 0.15) is 23.8 Å². The van der Waals surface area contributed by atoms with Gasteiger partial charge in [-0.05, 0) is 86.8 Å². The van der Waals surface area contributed by atoms with Crippen molar-refractivity contribution >= 4 is 46.2 Å². The number of likely N-dealkylation sites (tertiary alicyclic amines) is 1. The van der Waals surface area contributed by atoms with Crippen LogP contribution in [0.4, 0.5) is 23.0 Å². The second-order valence-electron chi connectivity index (χ2n) is 21.3. The van der Waals surface area contributed by atoms with Gasteiger partial charge in [0.25, 0.3) is 0 Å². The van der Waals surface area contributed by atoms with Crippen LogP contribution in [0.5, 0.6) is 11.6 Å². The lowest BCUT2D eigenvalue weighted by molar-refractivity contribution is -0.141. The van der Waals surface area contributed by atoms with E-state index in [1.54, 1.807) is 23.5 Å². The molecule has 4 saturated heterocycles. The van der Waals surface area contributed by atoms with Gasteiger partial charge in [-0.2, -0.15) is 0 Å². The monoisotopic (exact) mass is 1020 g/mol. The third-order valence-electron chi connectivity index (χ3n) is 15.9. The summed E-state index contributed by atoms with van der Waals surface area (Å²) in [6.45, 7) is 13.9. The summed E-state index contributed by atoms with van der Waals surface area (Å²) in [5.74, 6) is 1.58. The van der Waals surface area contributed by atoms with Crippen molar-refractivity contribution in [2.24, 2.45) is 11.8 Å². The number of carbonyl (C=O) groups excluding carboxylic acids is 2. The molecule has 6 aromatic rings. The maximum absolute atomic E-state index is 14.4. The quantitative estimate of drug-likeness (QED) is 0.0846. The van der Waals surface area contributed by atoms with Crippen LogP contribution in [-0.4, -0.2) is 140 Å². The maximum Gasteiger partial charge on any atom is 0.243 e. The smallest absolute Gasteiger partial charge is 0.243 e. The van der Waals surface area contributed by atoms with Gasteiger partial charge in [0.2, 0.25) is 17.7 Å². The average Bonchev–Trinajstić information content (AvgIpc) is 4.20. The summed E-state index contributed by atoms with van der Waals surface area (Å²) in [6.07, 6.45) is 5.45. The maximum atomic E-state index is 14.4. The molecule has 5 fully saturated rings. The van der Waals surface area contributed by atoms with Crippen molar-refractivity contribution < 1.29 is 29.1 Å². The van der Waals surface area contributed by atoms with Crippen LogP contribution in [0, 0.1) is 18.8 Å². The van der Waals surface area contributed by atoms with Crippen molar-refractivity contribution in [2.45, 2.75) is 102 Å². The van der Waals surface area contributed by atoms with Gasteiger partial charge in [0.15, 0.2) is 17.4 Å². The number of aryl methyl sites for hydroxylation is 1. The lowest BCUT2D eigenvalue weighted by atomic mass is 9.82. The van der Waals surface area contributed by atoms with Gasteiger partial charge in [-0.1, -0.05) is 55.4 Å². The highest BCUT2D eigenvalue weighted by atomic mass is 32.1. The molecule has 1 aliphatic carbocycles. The summed E-state index contributed by atoms with van der Waals surface area (Å²) < 4.78 is 12.4. The Hall–Kier alpha value is -6.83. The third kappa shape index (κ3) is 10.1. The van der Waals surface area contributed by atoms with Crippen LogP contribution in [0.3, 0.4) is 0 Å². The number of thiazole rings is 1. The van der Waals surface area contributed by atoms with E-state index in [1.807, 2.05) is 87.9 Å². The number of β-amino-alcohol motifs (C(OH)–C–C–N with tert-alkyl or cyclic N) is 1. The Balaban J connectivity index is 0.642. The Kier molecular flexibility index (Phi) is 13.9. The molecule has 5 aliphatic rings. The molecule has 2 bridgehead atoms. The van der Waals surface area contributed by atoms with Crippen LogP contribution >= 0.6 is 11.3 Å². The minimum atomic E-state index is -0.809. The van der Waals surface area contributed by atoms with Crippen LogP contribution < -0.4 is 30.5 Å². The molecule has 388 valence electrons. The van der Waals surface area contributed by atoms with E-state index < -0.39 is 18.1 Å². The van der Waals surface area contributed by atoms with Gasteiger partial charge in [-0.3, -0.25) is 14.5 Å². The molecule has 2 aromatic carbocycles. The zero-order valence-corrected chi connectivity index (χ0v) is 43.3. The summed E-state index contributed by atoms with van der Waals surface area (Å²) in [6, 6.07) is 22.7. The molecule has 74 heavy (non-hydrogen) atoms. The van der Waals surface area contributed by atoms with Gasteiger partial charge < -0.3 is 50.1 Å². The predicted molar refractivity (Wildman–Crippen MR) is 284 cm³/mol. The molecule has 8 heterocycles. The van der Waals surface area contributed by atoms with E-state index in [9.17, 15) is 19.8 Å². The first kappa shape index (κ1) is 49.4. The largest absolute Gasteiger partial charge is 0.507 e. The number of nitrogens with one attached hydrogen (secondary N) is 1. The van der Waals surface area contributed by atoms with Crippen molar-refractivity contribution in [3.8, 4) is 33.3 Å². The number of benzene rings is 2. The molecule has 4 aliphatic heterocycles. The predicted octanol–water partition coefficient (Wildman–Crippen LogP) is 6.66. The molecular weight excluding hydrogens is 957 g/mol. The first-order chi connectivity index (χ1) is 35.8. The van der Waals surface area contributed by atoms with Crippen LogP contribution in [-0.2, 0) is 9.59 Å². The molecule has 18 nitrogen and oxygen atoms in total. The van der Waals surface area contributed by atoms with Crippen LogP contribution in [0.1, 0.15) is 81.9 Å². The first-order valence-corrected chi connectivity index (χ1v) is 27.0. The second kappa shape index (κ2) is 20.8. The summed E-state index contributed by atoms with van der Waals surface area (Å²) >= 11 is 1.60. The highest BCUT2D eigenvalue weighted by molar-refractivity contribution is 7.13. The molecule has 2 amide bonds. The number of nitrogens with zero attached hydrogens (tertiary/aromatic N) is 10. The fourth-order valence-corrected chi connectivity index (χ4v) is 12.7. The van der Waals surface area contributed by atoms with E-state index in [4.69, 9.17) is 15.0 Å². The summed E-state index contributed by atoms with van der Waals surface area (Å²) in [5, 5.41) is 37.4. The number of piperazine rings is 2. The van der Waals surface area contributed by atoms with E-state index >= 15 is 0 Å². The number of fused-ring (bicyclic) bond motifs is 2. The fraction of sp³-hybridized carbons (Fsp3) is 0.473. The molecule has 2 unspecified atom stereocenters. The summed E-state index contributed by atoms with van der Waals surface area (Å²) in [4.78, 5) is 49.4. The number of phenols is 1. The lowest BCUT2D eigenvalue weighted by Gasteiger charge is -2.43. The number of aromatic hydroxyl groups is 1. The Morgan fingerprint density at radius 3 is 2.38 bits per heavy atom. The van der Waals surface area contributed by atoms with Crippen molar-refractivity contribution in [3.05, 3.63) is 102 Å². The molecular formula is C55H66N12O6S. The number of phenolic OH excluding ortho intramolecular Hbond substituents is 1. The Morgan fingerprint density at radius 1 is 0.905 bits per heavy atom. The molecule has 6 atom stereocenters. The molecule has 1 saturated carbocycles. The van der Waals surface area contributed by atoms with Gasteiger partial charge in [-0.25, -0.2) is 9.97 Å². The number of hydrogen-bond acceptors (Lipinski definition) is 17. The zero-order valence-electron chi connectivity index (χ0n) is 42.5. The number of hydrogen-bond donors (Lipinski definition) is 4. The lowest BCUT2D eigenvalue weighted by Crippen LogP contribution is -2.54. The molecule has 19 heteroatoms. The summed E-state index contributed by atoms with van der Waals surface area (Å²) in [7, 11) is 0.